The van der Waals surface area contributed by atoms with Gasteiger partial charge in [-0.3, -0.25) is 14.5 Å². The Balaban J connectivity index is 1.11. The van der Waals surface area contributed by atoms with E-state index in [9.17, 15) is 14.7 Å². The van der Waals surface area contributed by atoms with Crippen LogP contribution in [0.1, 0.15) is 33.9 Å². The zero-order valence-corrected chi connectivity index (χ0v) is 19.6. The van der Waals surface area contributed by atoms with Crippen LogP contribution in [0.2, 0.25) is 0 Å². The summed E-state index contributed by atoms with van der Waals surface area (Å²) in [4.78, 5) is 34.2. The molecule has 3 aliphatic heterocycles. The molecule has 4 heterocycles. The fourth-order valence-corrected chi connectivity index (χ4v) is 5.27. The van der Waals surface area contributed by atoms with Gasteiger partial charge >= 0.3 is 0 Å². The molecule has 9 heteroatoms. The van der Waals surface area contributed by atoms with E-state index in [1.54, 1.807) is 6.20 Å². The van der Waals surface area contributed by atoms with E-state index in [2.05, 4.69) is 38.7 Å². The molecule has 3 aliphatic rings. The summed E-state index contributed by atoms with van der Waals surface area (Å²) in [6.45, 7) is 6.20. The number of aryl methyl sites for hydroxylation is 1. The van der Waals surface area contributed by atoms with Crippen molar-refractivity contribution in [3.05, 3.63) is 53.1 Å². The highest BCUT2D eigenvalue weighted by Crippen LogP contribution is 2.22. The number of β-amino-alcohol motifs (C(OH)–C–C–N with tert-alkyl or cyclic N) is 1. The molecule has 1 aromatic heterocycles. The van der Waals surface area contributed by atoms with E-state index in [-0.39, 0.29) is 24.3 Å². The van der Waals surface area contributed by atoms with Crippen LogP contribution in [-0.2, 0) is 30.7 Å². The molecule has 5 rings (SSSR count). The molecular weight excluding hydrogens is 432 g/mol. The van der Waals surface area contributed by atoms with Crippen LogP contribution in [0.5, 0.6) is 0 Å². The fourth-order valence-electron chi connectivity index (χ4n) is 5.27. The minimum atomic E-state index is -0.646. The lowest BCUT2D eigenvalue weighted by Gasteiger charge is -2.32. The Morgan fingerprint density at radius 2 is 1.94 bits per heavy atom. The van der Waals surface area contributed by atoms with Crippen molar-refractivity contribution in [3.8, 4) is 0 Å². The maximum atomic E-state index is 12.9. The largest absolute Gasteiger partial charge is 0.390 e. The third-order valence-corrected chi connectivity index (χ3v) is 7.18. The van der Waals surface area contributed by atoms with Crippen molar-refractivity contribution in [1.29, 1.82) is 0 Å². The predicted octanol–water partition coefficient (Wildman–Crippen LogP) is 0.0263. The first kappa shape index (κ1) is 23.0. The van der Waals surface area contributed by atoms with E-state index in [1.165, 1.54) is 11.1 Å². The Morgan fingerprint density at radius 3 is 2.76 bits per heavy atom. The van der Waals surface area contributed by atoms with E-state index >= 15 is 0 Å². The molecule has 0 radical (unpaired) electrons. The van der Waals surface area contributed by atoms with Crippen molar-refractivity contribution in [1.82, 2.24) is 30.0 Å². The molecule has 0 spiro atoms. The van der Waals surface area contributed by atoms with Gasteiger partial charge in [-0.2, -0.15) is 0 Å². The van der Waals surface area contributed by atoms with Crippen molar-refractivity contribution < 1.29 is 14.7 Å². The van der Waals surface area contributed by atoms with E-state index in [0.29, 0.717) is 25.2 Å². The van der Waals surface area contributed by atoms with Gasteiger partial charge < -0.3 is 25.2 Å². The minimum absolute atomic E-state index is 0.0628. The molecule has 9 nitrogen and oxygen atoms in total. The molecule has 0 saturated carbocycles. The third kappa shape index (κ3) is 5.16. The van der Waals surface area contributed by atoms with Crippen LogP contribution in [0.4, 0.5) is 0 Å². The molecular formula is C25H34N6O3. The summed E-state index contributed by atoms with van der Waals surface area (Å²) in [5, 5.41) is 16.6. The number of hydrogen-bond acceptors (Lipinski definition) is 6. The SMILES string of the molecule is O=C(NC[C@H](O)CN1CCc2ccccc2C1)c1cn2c(n1)CCC(C(=O)N1CCNCC1)C2. The van der Waals surface area contributed by atoms with Gasteiger partial charge in [0.05, 0.1) is 12.0 Å². The quantitative estimate of drug-likeness (QED) is 0.555. The molecule has 1 aromatic carbocycles. The van der Waals surface area contributed by atoms with E-state index in [0.717, 1.165) is 57.9 Å². The first-order valence-electron chi connectivity index (χ1n) is 12.4. The van der Waals surface area contributed by atoms with Gasteiger partial charge in [-0.15, -0.1) is 0 Å². The average Bonchev–Trinajstić information content (AvgIpc) is 3.31. The second-order valence-electron chi connectivity index (χ2n) is 9.62. The number of piperazine rings is 1. The maximum Gasteiger partial charge on any atom is 0.271 e. The number of nitrogens with zero attached hydrogens (tertiary/aromatic N) is 4. The molecule has 2 amide bonds. The number of nitrogens with one attached hydrogen (secondary N) is 2. The second-order valence-corrected chi connectivity index (χ2v) is 9.62. The fraction of sp³-hybridized carbons (Fsp3) is 0.560. The van der Waals surface area contributed by atoms with E-state index in [1.807, 2.05) is 15.5 Å². The van der Waals surface area contributed by atoms with Crippen LogP contribution < -0.4 is 10.6 Å². The molecule has 2 aromatic rings. The zero-order valence-electron chi connectivity index (χ0n) is 19.6. The molecule has 0 aliphatic carbocycles. The number of imidazole rings is 1. The van der Waals surface area contributed by atoms with Crippen LogP contribution >= 0.6 is 0 Å². The van der Waals surface area contributed by atoms with Gasteiger partial charge in [0.2, 0.25) is 5.91 Å². The summed E-state index contributed by atoms with van der Waals surface area (Å²) in [7, 11) is 0. The summed E-state index contributed by atoms with van der Waals surface area (Å²) in [5.41, 5.74) is 3.04. The van der Waals surface area contributed by atoms with Gasteiger partial charge in [0, 0.05) is 71.5 Å². The second kappa shape index (κ2) is 10.2. The molecule has 34 heavy (non-hydrogen) atoms. The molecule has 0 bridgehead atoms. The van der Waals surface area contributed by atoms with Gasteiger partial charge in [-0.1, -0.05) is 24.3 Å². The number of fused-ring (bicyclic) bond motifs is 2. The van der Waals surface area contributed by atoms with E-state index < -0.39 is 6.10 Å². The van der Waals surface area contributed by atoms with Crippen molar-refractivity contribution in [2.24, 2.45) is 5.92 Å². The number of rotatable bonds is 6. The number of hydrogen-bond donors (Lipinski definition) is 3. The molecule has 1 unspecified atom stereocenters. The Labute approximate surface area is 200 Å². The minimum Gasteiger partial charge on any atom is -0.390 e. The zero-order chi connectivity index (χ0) is 23.5. The Kier molecular flexibility index (Phi) is 6.94. The summed E-state index contributed by atoms with van der Waals surface area (Å²) < 4.78 is 1.95. The van der Waals surface area contributed by atoms with Crippen LogP contribution in [0.3, 0.4) is 0 Å². The maximum absolute atomic E-state index is 12.9. The number of aliphatic hydroxyl groups is 1. The van der Waals surface area contributed by atoms with Gasteiger partial charge in [-0.25, -0.2) is 4.98 Å². The lowest BCUT2D eigenvalue weighted by Crippen LogP contribution is -2.49. The number of benzene rings is 1. The number of aromatic nitrogens is 2. The summed E-state index contributed by atoms with van der Waals surface area (Å²) in [5.74, 6) is 0.708. The first-order valence-corrected chi connectivity index (χ1v) is 12.4. The summed E-state index contributed by atoms with van der Waals surface area (Å²) in [6, 6.07) is 8.42. The molecule has 1 fully saturated rings. The molecule has 2 atom stereocenters. The third-order valence-electron chi connectivity index (χ3n) is 7.18. The van der Waals surface area contributed by atoms with E-state index in [4.69, 9.17) is 0 Å². The van der Waals surface area contributed by atoms with Crippen molar-refractivity contribution in [2.45, 2.75) is 38.5 Å². The van der Waals surface area contributed by atoms with Gasteiger partial charge in [0.1, 0.15) is 11.5 Å². The van der Waals surface area contributed by atoms with Gasteiger partial charge in [-0.05, 0) is 24.0 Å². The molecule has 182 valence electrons. The molecule has 1 saturated heterocycles. The van der Waals surface area contributed by atoms with Crippen LogP contribution in [0.25, 0.3) is 0 Å². The first-order chi connectivity index (χ1) is 16.6. The smallest absolute Gasteiger partial charge is 0.271 e. The van der Waals surface area contributed by atoms with Crippen LogP contribution in [0, 0.1) is 5.92 Å². The Hall–Kier alpha value is -2.75. The van der Waals surface area contributed by atoms with Crippen LogP contribution in [0.15, 0.2) is 30.5 Å². The summed E-state index contributed by atoms with van der Waals surface area (Å²) >= 11 is 0. The highest BCUT2D eigenvalue weighted by molar-refractivity contribution is 5.92. The lowest BCUT2D eigenvalue weighted by molar-refractivity contribution is -0.137. The molecule has 3 N–H and O–H groups in total. The number of aliphatic hydroxyl groups excluding tert-OH is 1. The van der Waals surface area contributed by atoms with Gasteiger partial charge in [0.15, 0.2) is 0 Å². The summed E-state index contributed by atoms with van der Waals surface area (Å²) in [6.07, 6.45) is 3.53. The lowest BCUT2D eigenvalue weighted by atomic mass is 9.97. The predicted molar refractivity (Wildman–Crippen MR) is 127 cm³/mol. The normalized spacial score (nSPS) is 21.4. The number of carbonyl (C=O) groups is 2. The van der Waals surface area contributed by atoms with Crippen molar-refractivity contribution in [2.75, 3.05) is 45.8 Å². The Morgan fingerprint density at radius 1 is 1.15 bits per heavy atom. The highest BCUT2D eigenvalue weighted by Gasteiger charge is 2.30. The average molecular weight is 467 g/mol. The number of carbonyl (C=O) groups excluding carboxylic acids is 2. The van der Waals surface area contributed by atoms with Gasteiger partial charge in [0.25, 0.3) is 5.91 Å². The Bertz CT molecular complexity index is 1030. The standard InChI is InChI=1S/C25H34N6O3/c32-21(16-29-10-7-18-3-1-2-4-19(18)14-29)13-27-24(33)22-17-31-15-20(5-6-23(31)28-22)25(34)30-11-8-26-9-12-30/h1-4,17,20-21,26,32H,5-16H2,(H,27,33)/t20?,21-/m0/s1. The monoisotopic (exact) mass is 466 g/mol. The van der Waals surface area contributed by atoms with Crippen LogP contribution in [-0.4, -0.2) is 88.2 Å². The number of amides is 2. The van der Waals surface area contributed by atoms with Crippen molar-refractivity contribution in [3.63, 3.8) is 0 Å². The highest BCUT2D eigenvalue weighted by atomic mass is 16.3. The van der Waals surface area contributed by atoms with Crippen molar-refractivity contribution >= 4 is 11.8 Å². The topological polar surface area (TPSA) is 103 Å².